The van der Waals surface area contributed by atoms with Gasteiger partial charge in [-0.15, -0.1) is 0 Å². The number of ether oxygens (including phenoxy) is 1. The number of benzene rings is 2. The Bertz CT molecular complexity index is 934. The van der Waals surface area contributed by atoms with Gasteiger partial charge < -0.3 is 4.74 Å². The maximum atomic E-state index is 12.3. The Balaban J connectivity index is 1.93. The van der Waals surface area contributed by atoms with E-state index in [4.69, 9.17) is 39.5 Å². The van der Waals surface area contributed by atoms with E-state index in [1.165, 1.54) is 12.1 Å². The van der Waals surface area contributed by atoms with Crippen molar-refractivity contribution in [3.05, 3.63) is 57.0 Å². The lowest BCUT2D eigenvalue weighted by Gasteiger charge is -2.08. The molecule has 2 aromatic rings. The molecule has 2 rings (SSSR count). The summed E-state index contributed by atoms with van der Waals surface area (Å²) in [5.74, 6) is 5.89. The van der Waals surface area contributed by atoms with Gasteiger partial charge in [-0.1, -0.05) is 58.8 Å². The average molecular weight is 419 g/mol. The third-order valence-electron chi connectivity index (χ3n) is 3.11. The van der Waals surface area contributed by atoms with Crippen LogP contribution < -0.4 is 9.46 Å². The highest BCUT2D eigenvalue weighted by Gasteiger charge is 2.18. The van der Waals surface area contributed by atoms with Crippen molar-refractivity contribution < 1.29 is 13.2 Å². The Morgan fingerprint density at radius 2 is 1.76 bits per heavy atom. The van der Waals surface area contributed by atoms with Gasteiger partial charge in [-0.25, -0.2) is 8.42 Å². The second kappa shape index (κ2) is 8.79. The third kappa shape index (κ3) is 5.53. The lowest BCUT2D eigenvalue weighted by Crippen LogP contribution is -2.24. The van der Waals surface area contributed by atoms with Crippen LogP contribution in [0, 0.1) is 18.8 Å². The van der Waals surface area contributed by atoms with Gasteiger partial charge in [0.15, 0.2) is 0 Å². The second-order valence-electron chi connectivity index (χ2n) is 4.93. The van der Waals surface area contributed by atoms with Crippen LogP contribution in [0.25, 0.3) is 0 Å². The third-order valence-corrected chi connectivity index (χ3v) is 5.70. The number of hydrogen-bond donors (Lipinski definition) is 1. The fourth-order valence-corrected chi connectivity index (χ4v) is 3.78. The van der Waals surface area contributed by atoms with Crippen molar-refractivity contribution in [3.63, 3.8) is 0 Å². The molecule has 25 heavy (non-hydrogen) atoms. The highest BCUT2D eigenvalue weighted by atomic mass is 35.5. The molecule has 0 fully saturated rings. The zero-order chi connectivity index (χ0) is 18.4. The van der Waals surface area contributed by atoms with Gasteiger partial charge in [-0.3, -0.25) is 0 Å². The van der Waals surface area contributed by atoms with Gasteiger partial charge in [-0.05, 0) is 36.8 Å². The van der Waals surface area contributed by atoms with Crippen LogP contribution in [0.2, 0.25) is 15.1 Å². The number of rotatable bonds is 5. The molecule has 0 atom stereocenters. The first-order valence-corrected chi connectivity index (χ1v) is 9.71. The Morgan fingerprint density at radius 3 is 2.48 bits per heavy atom. The molecule has 0 saturated heterocycles. The SMILES string of the molecule is Cc1cc(S(=O)(=O)NCC#CCOc2ccccc2Cl)c(Cl)cc1Cl. The fourth-order valence-electron chi connectivity index (χ4n) is 1.83. The van der Waals surface area contributed by atoms with E-state index in [0.29, 0.717) is 21.4 Å². The van der Waals surface area contributed by atoms with Crippen LogP contribution in [0.3, 0.4) is 0 Å². The van der Waals surface area contributed by atoms with Crippen LogP contribution in [0.15, 0.2) is 41.3 Å². The molecule has 4 nitrogen and oxygen atoms in total. The molecule has 0 spiro atoms. The minimum absolute atomic E-state index is 0.0369. The topological polar surface area (TPSA) is 55.4 Å². The van der Waals surface area contributed by atoms with Crippen molar-refractivity contribution in [3.8, 4) is 17.6 Å². The largest absolute Gasteiger partial charge is 0.479 e. The molecule has 8 heteroatoms. The first-order chi connectivity index (χ1) is 11.8. The summed E-state index contributed by atoms with van der Waals surface area (Å²) in [6.07, 6.45) is 0. The summed E-state index contributed by atoms with van der Waals surface area (Å²) in [4.78, 5) is -0.0369. The van der Waals surface area contributed by atoms with Crippen LogP contribution in [-0.4, -0.2) is 21.6 Å². The summed E-state index contributed by atoms with van der Waals surface area (Å²) < 4.78 is 32.3. The summed E-state index contributed by atoms with van der Waals surface area (Å²) in [5, 5.41) is 0.941. The molecular formula is C17H14Cl3NO3S. The zero-order valence-electron chi connectivity index (χ0n) is 13.1. The van der Waals surface area contributed by atoms with E-state index in [0.717, 1.165) is 0 Å². The predicted molar refractivity (Wildman–Crippen MR) is 101 cm³/mol. The van der Waals surface area contributed by atoms with Gasteiger partial charge in [0.2, 0.25) is 10.0 Å². The Kier molecular flexibility index (Phi) is 7.00. The minimum Gasteiger partial charge on any atom is -0.479 e. The molecule has 0 aromatic heterocycles. The molecule has 0 heterocycles. The van der Waals surface area contributed by atoms with Gasteiger partial charge in [0.05, 0.1) is 16.6 Å². The first-order valence-electron chi connectivity index (χ1n) is 7.09. The molecule has 0 saturated carbocycles. The van der Waals surface area contributed by atoms with Gasteiger partial charge in [0, 0.05) is 5.02 Å². The van der Waals surface area contributed by atoms with Gasteiger partial charge >= 0.3 is 0 Å². The zero-order valence-corrected chi connectivity index (χ0v) is 16.2. The second-order valence-corrected chi connectivity index (χ2v) is 7.89. The summed E-state index contributed by atoms with van der Waals surface area (Å²) in [7, 11) is -3.78. The van der Waals surface area contributed by atoms with E-state index < -0.39 is 10.0 Å². The fraction of sp³-hybridized carbons (Fsp3) is 0.176. The van der Waals surface area contributed by atoms with Crippen molar-refractivity contribution in [2.75, 3.05) is 13.2 Å². The summed E-state index contributed by atoms with van der Waals surface area (Å²) in [5.41, 5.74) is 0.616. The molecule has 0 aliphatic rings. The van der Waals surface area contributed by atoms with E-state index >= 15 is 0 Å². The monoisotopic (exact) mass is 417 g/mol. The van der Waals surface area contributed by atoms with Crippen molar-refractivity contribution >= 4 is 44.8 Å². The number of halogens is 3. The van der Waals surface area contributed by atoms with Crippen molar-refractivity contribution in [2.24, 2.45) is 0 Å². The van der Waals surface area contributed by atoms with E-state index in [1.807, 2.05) is 0 Å². The van der Waals surface area contributed by atoms with Gasteiger partial charge in [-0.2, -0.15) is 4.72 Å². The molecule has 0 unspecified atom stereocenters. The summed E-state index contributed by atoms with van der Waals surface area (Å²) >= 11 is 17.8. The smallest absolute Gasteiger partial charge is 0.242 e. The maximum absolute atomic E-state index is 12.3. The normalized spacial score (nSPS) is 10.9. The van der Waals surface area contributed by atoms with E-state index in [9.17, 15) is 8.42 Å². The Labute approximate surface area is 162 Å². The maximum Gasteiger partial charge on any atom is 0.242 e. The predicted octanol–water partition coefficient (Wildman–Crippen LogP) is 4.32. The van der Waals surface area contributed by atoms with Gasteiger partial charge in [0.25, 0.3) is 0 Å². The van der Waals surface area contributed by atoms with E-state index in [-0.39, 0.29) is 23.1 Å². The first kappa shape index (κ1) is 19.9. The molecule has 1 N–H and O–H groups in total. The van der Waals surface area contributed by atoms with Crippen molar-refractivity contribution in [1.82, 2.24) is 4.72 Å². The molecule has 0 bridgehead atoms. The van der Waals surface area contributed by atoms with Crippen molar-refractivity contribution in [2.45, 2.75) is 11.8 Å². The lowest BCUT2D eigenvalue weighted by atomic mass is 10.2. The number of hydrogen-bond acceptors (Lipinski definition) is 3. The van der Waals surface area contributed by atoms with Crippen LogP contribution in [0.5, 0.6) is 5.75 Å². The van der Waals surface area contributed by atoms with Crippen molar-refractivity contribution in [1.29, 1.82) is 0 Å². The molecule has 0 radical (unpaired) electrons. The highest BCUT2D eigenvalue weighted by Crippen LogP contribution is 2.28. The summed E-state index contributed by atoms with van der Waals surface area (Å²) in [6.45, 7) is 1.71. The standard InChI is InChI=1S/C17H14Cl3NO3S/c1-12-10-17(15(20)11-14(12)19)25(22,23)21-8-4-5-9-24-16-7-3-2-6-13(16)18/h2-3,6-7,10-11,21H,8-9H2,1H3. The Hall–Kier alpha value is -1.42. The number of sulfonamides is 1. The highest BCUT2D eigenvalue weighted by molar-refractivity contribution is 7.89. The molecular weight excluding hydrogens is 405 g/mol. The number of nitrogens with one attached hydrogen (secondary N) is 1. The van der Waals surface area contributed by atoms with Crippen LogP contribution in [-0.2, 0) is 10.0 Å². The van der Waals surface area contributed by atoms with Crippen LogP contribution in [0.4, 0.5) is 0 Å². The Morgan fingerprint density at radius 1 is 1.04 bits per heavy atom. The van der Waals surface area contributed by atoms with Crippen LogP contribution in [0.1, 0.15) is 5.56 Å². The minimum atomic E-state index is -3.78. The average Bonchev–Trinajstić information content (AvgIpc) is 2.55. The molecule has 132 valence electrons. The van der Waals surface area contributed by atoms with Gasteiger partial charge in [0.1, 0.15) is 17.3 Å². The van der Waals surface area contributed by atoms with E-state index in [2.05, 4.69) is 16.6 Å². The van der Waals surface area contributed by atoms with E-state index in [1.54, 1.807) is 31.2 Å². The number of aryl methyl sites for hydroxylation is 1. The van der Waals surface area contributed by atoms with Crippen LogP contribution >= 0.6 is 34.8 Å². The molecule has 0 aliphatic heterocycles. The lowest BCUT2D eigenvalue weighted by molar-refractivity contribution is 0.370. The summed E-state index contributed by atoms with van der Waals surface area (Å²) in [6, 6.07) is 9.82. The molecule has 0 amide bonds. The molecule has 2 aromatic carbocycles. The quantitative estimate of drug-likeness (QED) is 0.736. The number of para-hydroxylation sites is 1. The molecule has 0 aliphatic carbocycles.